The molecule has 0 unspecified atom stereocenters. The Kier molecular flexibility index (Phi) is 2.61. The summed E-state index contributed by atoms with van der Waals surface area (Å²) >= 11 is 0. The molecule has 0 fully saturated rings. The first kappa shape index (κ1) is 12.2. The van der Waals surface area contributed by atoms with Crippen LogP contribution in [0.15, 0.2) is 30.5 Å². The molecule has 1 heteroatoms. The van der Waals surface area contributed by atoms with E-state index in [2.05, 4.69) is 76.6 Å². The molecule has 1 heterocycles. The van der Waals surface area contributed by atoms with E-state index in [9.17, 15) is 0 Å². The molecule has 0 atom stereocenters. The van der Waals surface area contributed by atoms with E-state index in [0.29, 0.717) is 0 Å². The molecule has 1 aromatic carbocycles. The summed E-state index contributed by atoms with van der Waals surface area (Å²) in [6.07, 6.45) is 2.32. The number of aromatic nitrogens is 1. The van der Waals surface area contributed by atoms with Gasteiger partial charge >= 0.3 is 0 Å². The van der Waals surface area contributed by atoms with Crippen molar-refractivity contribution >= 4 is 10.9 Å². The van der Waals surface area contributed by atoms with Crippen LogP contribution in [0.3, 0.4) is 0 Å². The molecular weight excluding hydrogens is 206 g/mol. The van der Waals surface area contributed by atoms with E-state index in [1.807, 2.05) is 0 Å². The maximum Gasteiger partial charge on any atom is 0.0488 e. The minimum absolute atomic E-state index is 0.128. The first-order valence-corrected chi connectivity index (χ1v) is 6.32. The molecule has 1 nitrogen and oxygen atoms in total. The Labute approximate surface area is 104 Å². The average Bonchev–Trinajstić information content (AvgIpc) is 2.55. The monoisotopic (exact) mass is 229 g/mol. The predicted molar refractivity (Wildman–Crippen MR) is 75.6 cm³/mol. The van der Waals surface area contributed by atoms with E-state index < -0.39 is 0 Å². The van der Waals surface area contributed by atoms with Gasteiger partial charge in [-0.3, -0.25) is 0 Å². The van der Waals surface area contributed by atoms with Crippen molar-refractivity contribution in [3.05, 3.63) is 36.0 Å². The number of hydrogen-bond donors (Lipinski definition) is 0. The Hall–Kier alpha value is -1.24. The van der Waals surface area contributed by atoms with E-state index >= 15 is 0 Å². The summed E-state index contributed by atoms with van der Waals surface area (Å²) in [5.41, 5.74) is 3.09. The fourth-order valence-electron chi connectivity index (χ4n) is 2.33. The Morgan fingerprint density at radius 1 is 0.882 bits per heavy atom. The topological polar surface area (TPSA) is 4.93 Å². The molecule has 0 saturated heterocycles. The zero-order valence-electron chi connectivity index (χ0n) is 11.8. The highest BCUT2D eigenvalue weighted by atomic mass is 15.0. The zero-order valence-corrected chi connectivity index (χ0v) is 11.8. The van der Waals surface area contributed by atoms with E-state index in [1.165, 1.54) is 16.5 Å². The summed E-state index contributed by atoms with van der Waals surface area (Å²) in [6.45, 7) is 13.6. The minimum atomic E-state index is 0.128. The van der Waals surface area contributed by atoms with Crippen molar-refractivity contribution in [2.45, 2.75) is 52.5 Å². The molecular formula is C16H23N. The predicted octanol–water partition coefficient (Wildman–Crippen LogP) is 4.69. The Morgan fingerprint density at radius 3 is 2.00 bits per heavy atom. The summed E-state index contributed by atoms with van der Waals surface area (Å²) in [5.74, 6) is 0. The van der Waals surface area contributed by atoms with Crippen molar-refractivity contribution < 1.29 is 0 Å². The van der Waals surface area contributed by atoms with Crippen LogP contribution in [0.25, 0.3) is 10.9 Å². The van der Waals surface area contributed by atoms with E-state index in [1.54, 1.807) is 0 Å². The fourth-order valence-corrected chi connectivity index (χ4v) is 2.33. The van der Waals surface area contributed by atoms with Gasteiger partial charge in [0.25, 0.3) is 0 Å². The maximum atomic E-state index is 2.39. The third-order valence-corrected chi connectivity index (χ3v) is 3.24. The van der Waals surface area contributed by atoms with Crippen LogP contribution in [0.2, 0.25) is 0 Å². The standard InChI is InChI=1S/C16H23N/c1-15(2,3)13-11-17(16(4,5)6)14-10-8-7-9-12(13)14/h7-11H,1-6H3. The number of fused-ring (bicyclic) bond motifs is 1. The maximum absolute atomic E-state index is 2.39. The smallest absolute Gasteiger partial charge is 0.0488 e. The lowest BCUT2D eigenvalue weighted by atomic mass is 9.87. The number of rotatable bonds is 0. The second kappa shape index (κ2) is 3.63. The van der Waals surface area contributed by atoms with Crippen LogP contribution in [0.1, 0.15) is 47.1 Å². The van der Waals surface area contributed by atoms with Gasteiger partial charge in [0.2, 0.25) is 0 Å². The second-order valence-electron chi connectivity index (χ2n) is 6.85. The van der Waals surface area contributed by atoms with Crippen LogP contribution in [0.5, 0.6) is 0 Å². The highest BCUT2D eigenvalue weighted by molar-refractivity contribution is 5.85. The molecule has 0 aliphatic heterocycles. The Balaban J connectivity index is 2.81. The Bertz CT molecular complexity index is 485. The molecule has 0 radical (unpaired) electrons. The molecule has 17 heavy (non-hydrogen) atoms. The summed E-state index contributed by atoms with van der Waals surface area (Å²) in [5, 5.41) is 1.38. The number of benzene rings is 1. The van der Waals surface area contributed by atoms with Crippen LogP contribution in [-0.4, -0.2) is 4.57 Å². The molecule has 2 rings (SSSR count). The lowest BCUT2D eigenvalue weighted by Gasteiger charge is -2.23. The first-order valence-electron chi connectivity index (χ1n) is 6.32. The van der Waals surface area contributed by atoms with Gasteiger partial charge < -0.3 is 4.57 Å². The van der Waals surface area contributed by atoms with E-state index in [-0.39, 0.29) is 11.0 Å². The molecule has 2 aromatic rings. The highest BCUT2D eigenvalue weighted by Gasteiger charge is 2.23. The highest BCUT2D eigenvalue weighted by Crippen LogP contribution is 2.34. The molecule has 92 valence electrons. The number of hydrogen-bond acceptors (Lipinski definition) is 0. The lowest BCUT2D eigenvalue weighted by molar-refractivity contribution is 0.408. The van der Waals surface area contributed by atoms with Gasteiger partial charge in [0.15, 0.2) is 0 Å². The van der Waals surface area contributed by atoms with Crippen molar-refractivity contribution in [1.29, 1.82) is 0 Å². The molecule has 0 saturated carbocycles. The van der Waals surface area contributed by atoms with Gasteiger partial charge in [0, 0.05) is 22.6 Å². The molecule has 0 spiro atoms. The molecule has 0 aliphatic rings. The van der Waals surface area contributed by atoms with Crippen LogP contribution < -0.4 is 0 Å². The summed E-state index contributed by atoms with van der Waals surface area (Å²) < 4.78 is 2.39. The summed E-state index contributed by atoms with van der Waals surface area (Å²) in [6, 6.07) is 8.70. The lowest BCUT2D eigenvalue weighted by Crippen LogP contribution is -2.20. The second-order valence-corrected chi connectivity index (χ2v) is 6.85. The number of para-hydroxylation sites is 1. The van der Waals surface area contributed by atoms with Gasteiger partial charge in [0.1, 0.15) is 0 Å². The van der Waals surface area contributed by atoms with Crippen molar-refractivity contribution in [2.24, 2.45) is 0 Å². The van der Waals surface area contributed by atoms with Crippen LogP contribution in [-0.2, 0) is 11.0 Å². The SMILES string of the molecule is CC(C)(C)c1cn(C(C)(C)C)c2ccccc12. The average molecular weight is 229 g/mol. The van der Waals surface area contributed by atoms with Crippen molar-refractivity contribution in [3.63, 3.8) is 0 Å². The van der Waals surface area contributed by atoms with Gasteiger partial charge in [-0.25, -0.2) is 0 Å². The normalized spacial score (nSPS) is 13.3. The van der Waals surface area contributed by atoms with E-state index in [0.717, 1.165) is 0 Å². The molecule has 0 amide bonds. The van der Waals surface area contributed by atoms with Crippen LogP contribution in [0.4, 0.5) is 0 Å². The van der Waals surface area contributed by atoms with E-state index in [4.69, 9.17) is 0 Å². The first-order chi connectivity index (χ1) is 7.71. The van der Waals surface area contributed by atoms with Crippen molar-refractivity contribution in [1.82, 2.24) is 4.57 Å². The third kappa shape index (κ3) is 2.11. The summed E-state index contributed by atoms with van der Waals surface area (Å²) in [4.78, 5) is 0. The molecule has 0 bridgehead atoms. The van der Waals surface area contributed by atoms with Gasteiger partial charge in [-0.2, -0.15) is 0 Å². The Morgan fingerprint density at radius 2 is 1.47 bits per heavy atom. The van der Waals surface area contributed by atoms with Gasteiger partial charge in [-0.15, -0.1) is 0 Å². The van der Waals surface area contributed by atoms with Gasteiger partial charge in [-0.05, 0) is 37.8 Å². The largest absolute Gasteiger partial charge is 0.342 e. The molecule has 1 aromatic heterocycles. The van der Waals surface area contributed by atoms with Gasteiger partial charge in [-0.1, -0.05) is 39.0 Å². The molecule has 0 N–H and O–H groups in total. The fraction of sp³-hybridized carbons (Fsp3) is 0.500. The number of nitrogens with zero attached hydrogens (tertiary/aromatic N) is 1. The summed E-state index contributed by atoms with van der Waals surface area (Å²) in [7, 11) is 0. The minimum Gasteiger partial charge on any atom is -0.342 e. The molecule has 0 aliphatic carbocycles. The third-order valence-electron chi connectivity index (χ3n) is 3.24. The zero-order chi connectivity index (χ0) is 12.8. The quantitative estimate of drug-likeness (QED) is 0.617. The van der Waals surface area contributed by atoms with Crippen LogP contribution in [0, 0.1) is 0 Å². The van der Waals surface area contributed by atoms with Crippen LogP contribution >= 0.6 is 0 Å². The van der Waals surface area contributed by atoms with Crippen molar-refractivity contribution in [2.75, 3.05) is 0 Å². The van der Waals surface area contributed by atoms with Gasteiger partial charge in [0.05, 0.1) is 0 Å². The van der Waals surface area contributed by atoms with Crippen molar-refractivity contribution in [3.8, 4) is 0 Å².